The first-order valence-electron chi connectivity index (χ1n) is 5.86. The van der Waals surface area contributed by atoms with Crippen LogP contribution in [0.1, 0.15) is 18.9 Å². The number of thioether (sulfide) groups is 1. The van der Waals surface area contributed by atoms with Crippen molar-refractivity contribution in [2.45, 2.75) is 19.8 Å². The summed E-state index contributed by atoms with van der Waals surface area (Å²) in [5.74, 6) is 2.51. The average molecular weight is 302 g/mol. The largest absolute Gasteiger partial charge is 0.316 e. The minimum absolute atomic E-state index is 1.07. The molecular weight excluding hydrogens is 282 g/mol. The van der Waals surface area contributed by atoms with Crippen molar-refractivity contribution in [2.24, 2.45) is 0 Å². The Morgan fingerprint density at radius 1 is 1.25 bits per heavy atom. The van der Waals surface area contributed by atoms with Crippen molar-refractivity contribution >= 4 is 27.7 Å². The van der Waals surface area contributed by atoms with Crippen LogP contribution in [0.3, 0.4) is 0 Å². The molecule has 1 nitrogen and oxygen atoms in total. The summed E-state index contributed by atoms with van der Waals surface area (Å²) in [5, 5.41) is 3.49. The minimum atomic E-state index is 1.07. The predicted molar refractivity (Wildman–Crippen MR) is 78.3 cm³/mol. The van der Waals surface area contributed by atoms with Gasteiger partial charge < -0.3 is 5.32 Å². The molecule has 0 heterocycles. The molecule has 3 heteroatoms. The highest BCUT2D eigenvalue weighted by Gasteiger charge is 1.97. The molecule has 0 radical (unpaired) electrons. The van der Waals surface area contributed by atoms with E-state index >= 15 is 0 Å². The van der Waals surface area contributed by atoms with Gasteiger partial charge in [-0.15, -0.1) is 0 Å². The number of hydrogen-bond acceptors (Lipinski definition) is 2. The zero-order chi connectivity index (χ0) is 11.6. The van der Waals surface area contributed by atoms with E-state index in [0.717, 1.165) is 19.5 Å². The van der Waals surface area contributed by atoms with Crippen LogP contribution in [0.4, 0.5) is 0 Å². The number of hydrogen-bond donors (Lipinski definition) is 1. The summed E-state index contributed by atoms with van der Waals surface area (Å²) in [6, 6.07) is 8.44. The maximum atomic E-state index is 3.57. The maximum Gasteiger partial charge on any atom is 0.0207 e. The van der Waals surface area contributed by atoms with Crippen LogP contribution >= 0.6 is 27.7 Å². The molecule has 0 bridgehead atoms. The van der Waals surface area contributed by atoms with E-state index in [1.54, 1.807) is 0 Å². The Bertz CT molecular complexity index is 291. The molecule has 1 aromatic rings. The standard InChI is InChI=1S/C13H20BrNS/c1-2-16-11-5-9-15-10-8-12-6-3-4-7-13(12)14/h3-4,6-7,15H,2,5,8-11H2,1H3. The highest BCUT2D eigenvalue weighted by Crippen LogP contribution is 2.15. The van der Waals surface area contributed by atoms with Crippen LogP contribution in [0.2, 0.25) is 0 Å². The lowest BCUT2D eigenvalue weighted by Gasteiger charge is -2.06. The molecule has 0 aliphatic carbocycles. The molecule has 1 rings (SSSR count). The van der Waals surface area contributed by atoms with Gasteiger partial charge in [0, 0.05) is 4.47 Å². The Kier molecular flexibility index (Phi) is 7.99. The number of rotatable bonds is 8. The van der Waals surface area contributed by atoms with Gasteiger partial charge in [-0.25, -0.2) is 0 Å². The van der Waals surface area contributed by atoms with Crippen LogP contribution < -0.4 is 5.32 Å². The summed E-state index contributed by atoms with van der Waals surface area (Å²) in [6.07, 6.45) is 2.37. The molecule has 0 spiro atoms. The minimum Gasteiger partial charge on any atom is -0.316 e. The van der Waals surface area contributed by atoms with Gasteiger partial charge in [-0.05, 0) is 49.1 Å². The van der Waals surface area contributed by atoms with Gasteiger partial charge in [0.15, 0.2) is 0 Å². The maximum absolute atomic E-state index is 3.57. The van der Waals surface area contributed by atoms with Crippen molar-refractivity contribution in [2.75, 3.05) is 24.6 Å². The van der Waals surface area contributed by atoms with E-state index in [2.05, 4.69) is 52.4 Å². The summed E-state index contributed by atoms with van der Waals surface area (Å²) in [5.41, 5.74) is 1.39. The second-order valence-corrected chi connectivity index (χ2v) is 5.89. The Morgan fingerprint density at radius 2 is 2.06 bits per heavy atom. The van der Waals surface area contributed by atoms with Crippen LogP contribution in [0.25, 0.3) is 0 Å². The Hall–Kier alpha value is 0.01000. The normalized spacial score (nSPS) is 10.6. The number of benzene rings is 1. The Balaban J connectivity index is 2.05. The van der Waals surface area contributed by atoms with Gasteiger partial charge in [-0.3, -0.25) is 0 Å². The van der Waals surface area contributed by atoms with E-state index in [9.17, 15) is 0 Å². The smallest absolute Gasteiger partial charge is 0.0207 e. The van der Waals surface area contributed by atoms with Gasteiger partial charge in [-0.1, -0.05) is 41.1 Å². The van der Waals surface area contributed by atoms with Crippen molar-refractivity contribution < 1.29 is 0 Å². The lowest BCUT2D eigenvalue weighted by molar-refractivity contribution is 0.673. The van der Waals surface area contributed by atoms with Crippen LogP contribution in [0.15, 0.2) is 28.7 Å². The number of nitrogens with one attached hydrogen (secondary N) is 1. The quantitative estimate of drug-likeness (QED) is 0.735. The first kappa shape index (κ1) is 14.1. The van der Waals surface area contributed by atoms with Gasteiger partial charge in [-0.2, -0.15) is 11.8 Å². The summed E-state index contributed by atoms with van der Waals surface area (Å²) in [6.45, 7) is 4.42. The lowest BCUT2D eigenvalue weighted by atomic mass is 10.1. The molecule has 0 atom stereocenters. The molecule has 0 aromatic heterocycles. The summed E-state index contributed by atoms with van der Waals surface area (Å²) in [4.78, 5) is 0. The Morgan fingerprint density at radius 3 is 2.81 bits per heavy atom. The monoisotopic (exact) mass is 301 g/mol. The molecule has 90 valence electrons. The van der Waals surface area contributed by atoms with Gasteiger partial charge in [0.1, 0.15) is 0 Å². The third-order valence-electron chi connectivity index (χ3n) is 2.38. The van der Waals surface area contributed by atoms with E-state index in [-0.39, 0.29) is 0 Å². The third-order valence-corrected chi connectivity index (χ3v) is 4.13. The molecule has 0 unspecified atom stereocenters. The average Bonchev–Trinajstić information content (AvgIpc) is 2.30. The van der Waals surface area contributed by atoms with Crippen LogP contribution in [-0.4, -0.2) is 24.6 Å². The summed E-state index contributed by atoms with van der Waals surface area (Å²) < 4.78 is 1.22. The zero-order valence-corrected chi connectivity index (χ0v) is 12.2. The highest BCUT2D eigenvalue weighted by molar-refractivity contribution is 9.10. The molecular formula is C13H20BrNS. The van der Waals surface area contributed by atoms with Gasteiger partial charge >= 0.3 is 0 Å². The lowest BCUT2D eigenvalue weighted by Crippen LogP contribution is -2.19. The molecule has 16 heavy (non-hydrogen) atoms. The first-order valence-corrected chi connectivity index (χ1v) is 7.81. The van der Waals surface area contributed by atoms with Gasteiger partial charge in [0.2, 0.25) is 0 Å². The van der Waals surface area contributed by atoms with Gasteiger partial charge in [0.05, 0.1) is 0 Å². The molecule has 0 amide bonds. The van der Waals surface area contributed by atoms with Crippen LogP contribution in [0, 0.1) is 0 Å². The predicted octanol–water partition coefficient (Wildman–Crippen LogP) is 3.72. The fourth-order valence-electron chi connectivity index (χ4n) is 1.49. The first-order chi connectivity index (χ1) is 7.84. The van der Waals surface area contributed by atoms with E-state index in [4.69, 9.17) is 0 Å². The Labute approximate surface area is 112 Å². The van der Waals surface area contributed by atoms with Crippen molar-refractivity contribution in [3.8, 4) is 0 Å². The van der Waals surface area contributed by atoms with Crippen molar-refractivity contribution in [3.63, 3.8) is 0 Å². The molecule has 0 fully saturated rings. The molecule has 0 aliphatic heterocycles. The van der Waals surface area contributed by atoms with Crippen LogP contribution in [-0.2, 0) is 6.42 Å². The molecule has 0 saturated carbocycles. The van der Waals surface area contributed by atoms with E-state index in [1.165, 1.54) is 28.0 Å². The summed E-state index contributed by atoms with van der Waals surface area (Å²) in [7, 11) is 0. The van der Waals surface area contributed by atoms with Crippen molar-refractivity contribution in [1.29, 1.82) is 0 Å². The van der Waals surface area contributed by atoms with E-state index < -0.39 is 0 Å². The van der Waals surface area contributed by atoms with Crippen molar-refractivity contribution in [1.82, 2.24) is 5.32 Å². The van der Waals surface area contributed by atoms with E-state index in [0.29, 0.717) is 0 Å². The number of halogens is 1. The third kappa shape index (κ3) is 5.92. The summed E-state index contributed by atoms with van der Waals surface area (Å²) >= 11 is 5.59. The fourth-order valence-corrected chi connectivity index (χ4v) is 2.61. The highest BCUT2D eigenvalue weighted by atomic mass is 79.9. The second-order valence-electron chi connectivity index (χ2n) is 3.64. The molecule has 1 aromatic carbocycles. The molecule has 0 aliphatic rings. The van der Waals surface area contributed by atoms with Crippen LogP contribution in [0.5, 0.6) is 0 Å². The second kappa shape index (κ2) is 9.08. The SMILES string of the molecule is CCSCCCNCCc1ccccc1Br. The van der Waals surface area contributed by atoms with E-state index in [1.807, 2.05) is 11.8 Å². The molecule has 1 N–H and O–H groups in total. The van der Waals surface area contributed by atoms with Crippen molar-refractivity contribution in [3.05, 3.63) is 34.3 Å². The zero-order valence-electron chi connectivity index (χ0n) is 9.84. The molecule has 0 saturated heterocycles. The van der Waals surface area contributed by atoms with Gasteiger partial charge in [0.25, 0.3) is 0 Å². The topological polar surface area (TPSA) is 12.0 Å². The fraction of sp³-hybridized carbons (Fsp3) is 0.538.